The Morgan fingerprint density at radius 3 is 2.22 bits per heavy atom. The molecule has 3 heterocycles. The van der Waals surface area contributed by atoms with Crippen molar-refractivity contribution in [1.29, 1.82) is 0 Å². The Hall–Kier alpha value is -4.25. The third kappa shape index (κ3) is 7.75. The Labute approximate surface area is 265 Å². The summed E-state index contributed by atoms with van der Waals surface area (Å²) in [5, 5.41) is 19.6. The molecule has 0 bridgehead atoms. The van der Waals surface area contributed by atoms with Gasteiger partial charge in [0.05, 0.1) is 35.8 Å². The molecule has 3 aromatic rings. The van der Waals surface area contributed by atoms with Crippen LogP contribution in [0, 0.1) is 25.6 Å². The summed E-state index contributed by atoms with van der Waals surface area (Å²) in [4.78, 5) is 51.3. The largest absolute Gasteiger partial charge is 0.493 e. The fourth-order valence-corrected chi connectivity index (χ4v) is 7.41. The minimum atomic E-state index is -4.04. The lowest BCUT2D eigenvalue weighted by Gasteiger charge is -2.41. The van der Waals surface area contributed by atoms with E-state index in [0.29, 0.717) is 54.8 Å². The van der Waals surface area contributed by atoms with Crippen molar-refractivity contribution in [2.75, 3.05) is 32.9 Å². The van der Waals surface area contributed by atoms with E-state index in [1.165, 1.54) is 16.4 Å². The van der Waals surface area contributed by atoms with Crippen molar-refractivity contribution in [1.82, 2.24) is 18.8 Å². The maximum atomic E-state index is 13.9. The van der Waals surface area contributed by atoms with Gasteiger partial charge in [-0.3, -0.25) is 4.79 Å². The lowest BCUT2D eigenvalue weighted by Crippen LogP contribution is -2.44. The van der Waals surface area contributed by atoms with Gasteiger partial charge in [-0.15, -0.1) is 20.2 Å². The van der Waals surface area contributed by atoms with Crippen LogP contribution < -0.4 is 10.3 Å². The minimum absolute atomic E-state index is 0.0186. The first-order valence-electron chi connectivity index (χ1n) is 15.4. The summed E-state index contributed by atoms with van der Waals surface area (Å²) in [6.07, 6.45) is 5.21. The van der Waals surface area contributed by atoms with Crippen molar-refractivity contribution in [3.63, 3.8) is 0 Å². The average molecular weight is 665 g/mol. The summed E-state index contributed by atoms with van der Waals surface area (Å²) in [5.74, 6) is 0.575. The van der Waals surface area contributed by atoms with Gasteiger partial charge in [0.25, 0.3) is 15.7 Å². The highest BCUT2D eigenvalue weighted by atomic mass is 32.2. The maximum Gasteiger partial charge on any atom is 0.294 e. The molecule has 0 aliphatic carbocycles. The maximum absolute atomic E-state index is 13.9. The summed E-state index contributed by atoms with van der Waals surface area (Å²) in [6, 6.07) is 4.47. The van der Waals surface area contributed by atoms with Gasteiger partial charge in [0.15, 0.2) is 0 Å². The Bertz CT molecular complexity index is 1690. The number of rotatable bonds is 17. The van der Waals surface area contributed by atoms with Gasteiger partial charge in [0, 0.05) is 25.8 Å². The van der Waals surface area contributed by atoms with Gasteiger partial charge >= 0.3 is 0 Å². The Morgan fingerprint density at radius 2 is 1.65 bits per heavy atom. The van der Waals surface area contributed by atoms with Crippen molar-refractivity contribution in [3.05, 3.63) is 60.5 Å². The molecule has 0 spiro atoms. The lowest BCUT2D eigenvalue weighted by molar-refractivity contribution is -0.759. The van der Waals surface area contributed by atoms with Crippen LogP contribution in [0.25, 0.3) is 22.4 Å². The number of H-pyrrole nitrogens is 1. The van der Waals surface area contributed by atoms with E-state index in [9.17, 15) is 33.4 Å². The number of nitrogens with one attached hydrogen (secondary N) is 1. The normalized spacial score (nSPS) is 15.1. The lowest BCUT2D eigenvalue weighted by atomic mass is 9.74. The van der Waals surface area contributed by atoms with Gasteiger partial charge in [-0.05, 0) is 74.6 Å². The topological polar surface area (TPSA) is 202 Å². The van der Waals surface area contributed by atoms with Crippen LogP contribution in [0.5, 0.6) is 5.75 Å². The SMILES string of the molecule is CCCOc1ccc(S(=O)(=O)N2CCC(CCO[N+](=O)[O-])(CCO[N+](=O)[O-])CC2)cc1-c1nc2c(CCC)cn(CC)c2c(=O)[nH]1. The zero-order valence-corrected chi connectivity index (χ0v) is 27.0. The second kappa shape index (κ2) is 14.9. The average Bonchev–Trinajstić information content (AvgIpc) is 3.38. The van der Waals surface area contributed by atoms with E-state index in [2.05, 4.69) is 14.7 Å². The molecule has 4 rings (SSSR count). The number of sulfonamides is 1. The predicted octanol–water partition coefficient (Wildman–Crippen LogP) is 4.12. The summed E-state index contributed by atoms with van der Waals surface area (Å²) in [5.41, 5.74) is 1.29. The fourth-order valence-electron chi connectivity index (χ4n) is 5.94. The number of hydrogen-bond acceptors (Lipinski definition) is 11. The molecule has 1 aromatic carbocycles. The molecule has 17 heteroatoms. The molecule has 1 N–H and O–H groups in total. The Morgan fingerprint density at radius 1 is 1.00 bits per heavy atom. The highest BCUT2D eigenvalue weighted by Crippen LogP contribution is 2.41. The van der Waals surface area contributed by atoms with Crippen molar-refractivity contribution < 1.29 is 33.0 Å². The van der Waals surface area contributed by atoms with E-state index in [0.717, 1.165) is 18.4 Å². The molecule has 1 aliphatic rings. The van der Waals surface area contributed by atoms with E-state index in [-0.39, 0.29) is 55.4 Å². The minimum Gasteiger partial charge on any atom is -0.493 e. The molecule has 1 aliphatic heterocycles. The van der Waals surface area contributed by atoms with E-state index in [4.69, 9.17) is 9.72 Å². The number of benzene rings is 1. The molecule has 1 saturated heterocycles. The molecule has 0 unspecified atom stereocenters. The number of hydrogen-bond donors (Lipinski definition) is 1. The number of aromatic nitrogens is 3. The third-order valence-electron chi connectivity index (χ3n) is 8.40. The molecule has 0 atom stereocenters. The highest BCUT2D eigenvalue weighted by Gasteiger charge is 2.39. The second-order valence-electron chi connectivity index (χ2n) is 11.3. The molecule has 0 radical (unpaired) electrons. The van der Waals surface area contributed by atoms with E-state index >= 15 is 0 Å². The molecular formula is C29H40N6O10S. The van der Waals surface area contributed by atoms with Gasteiger partial charge in [0.1, 0.15) is 17.1 Å². The van der Waals surface area contributed by atoms with Crippen LogP contribution in [-0.2, 0) is 32.7 Å². The van der Waals surface area contributed by atoms with Gasteiger partial charge in [-0.2, -0.15) is 4.31 Å². The van der Waals surface area contributed by atoms with Crippen molar-refractivity contribution in [3.8, 4) is 17.1 Å². The first-order chi connectivity index (χ1) is 21.9. The third-order valence-corrected chi connectivity index (χ3v) is 10.3. The van der Waals surface area contributed by atoms with E-state index < -0.39 is 25.6 Å². The zero-order chi connectivity index (χ0) is 33.5. The molecule has 16 nitrogen and oxygen atoms in total. The number of piperidine rings is 1. The first-order valence-corrected chi connectivity index (χ1v) is 16.8. The van der Waals surface area contributed by atoms with Crippen LogP contribution in [0.2, 0.25) is 0 Å². The van der Waals surface area contributed by atoms with Gasteiger partial charge < -0.3 is 24.0 Å². The standard InChI is InChI=1S/C29H40N6O10S/c1-4-7-21-20-32(6-3)26-25(21)30-27(31-28(26)36)23-19-22(8-9-24(23)43-16-5-2)46(41,42)33-14-10-29(11-15-33,12-17-44-34(37)38)13-18-45-35(39)40/h8-9,19-20H,4-7,10-18H2,1-3H3,(H,30,31,36). The quantitative estimate of drug-likeness (QED) is 0.161. The number of nitrogens with zero attached hydrogens (tertiary/aromatic N) is 5. The van der Waals surface area contributed by atoms with Gasteiger partial charge in [-0.25, -0.2) is 13.4 Å². The number of aromatic amines is 1. The van der Waals surface area contributed by atoms with Crippen LogP contribution in [0.4, 0.5) is 0 Å². The van der Waals surface area contributed by atoms with Crippen LogP contribution >= 0.6 is 0 Å². The number of fused-ring (bicyclic) bond motifs is 1. The summed E-state index contributed by atoms with van der Waals surface area (Å²) >= 11 is 0. The van der Waals surface area contributed by atoms with Crippen LogP contribution in [0.3, 0.4) is 0 Å². The fraction of sp³-hybridized carbons (Fsp3) is 0.586. The van der Waals surface area contributed by atoms with Gasteiger partial charge in [0.2, 0.25) is 10.0 Å². The van der Waals surface area contributed by atoms with Crippen molar-refractivity contribution >= 4 is 21.1 Å². The second-order valence-corrected chi connectivity index (χ2v) is 13.3. The van der Waals surface area contributed by atoms with E-state index in [1.807, 2.05) is 31.5 Å². The highest BCUT2D eigenvalue weighted by molar-refractivity contribution is 7.89. The summed E-state index contributed by atoms with van der Waals surface area (Å²) in [7, 11) is -4.04. The number of aryl methyl sites for hydroxylation is 2. The Balaban J connectivity index is 1.67. The molecular weight excluding hydrogens is 624 g/mol. The van der Waals surface area contributed by atoms with Crippen LogP contribution in [0.1, 0.15) is 64.9 Å². The first kappa shape index (κ1) is 34.6. The van der Waals surface area contributed by atoms with Crippen LogP contribution in [-0.4, -0.2) is 70.3 Å². The molecule has 2 aromatic heterocycles. The van der Waals surface area contributed by atoms with Gasteiger partial charge in [-0.1, -0.05) is 20.3 Å². The summed E-state index contributed by atoms with van der Waals surface area (Å²) < 4.78 is 37.0. The monoisotopic (exact) mass is 664 g/mol. The number of ether oxygens (including phenoxy) is 1. The molecule has 46 heavy (non-hydrogen) atoms. The summed E-state index contributed by atoms with van der Waals surface area (Å²) in [6.45, 7) is 6.59. The van der Waals surface area contributed by atoms with Crippen LogP contribution in [0.15, 0.2) is 34.1 Å². The molecule has 0 saturated carbocycles. The molecule has 1 fully saturated rings. The van der Waals surface area contributed by atoms with E-state index in [1.54, 1.807) is 6.07 Å². The van der Waals surface area contributed by atoms with Crippen molar-refractivity contribution in [2.24, 2.45) is 5.41 Å². The van der Waals surface area contributed by atoms with Crippen molar-refractivity contribution in [2.45, 2.75) is 77.2 Å². The molecule has 252 valence electrons. The predicted molar refractivity (Wildman–Crippen MR) is 167 cm³/mol. The smallest absolute Gasteiger partial charge is 0.294 e. The Kier molecular flexibility index (Phi) is 11.2. The zero-order valence-electron chi connectivity index (χ0n) is 26.2. The molecule has 0 amide bonds.